The van der Waals surface area contributed by atoms with E-state index in [9.17, 15) is 8.78 Å². The molecule has 0 aliphatic carbocycles. The van der Waals surface area contributed by atoms with Crippen molar-refractivity contribution in [2.24, 2.45) is 5.73 Å². The van der Waals surface area contributed by atoms with Crippen molar-refractivity contribution in [3.63, 3.8) is 0 Å². The van der Waals surface area contributed by atoms with Gasteiger partial charge in [-0.05, 0) is 24.1 Å². The first-order chi connectivity index (χ1) is 10.0. The van der Waals surface area contributed by atoms with Gasteiger partial charge in [-0.25, -0.2) is 8.78 Å². The zero-order valence-electron chi connectivity index (χ0n) is 12.5. The molecular formula is C15H24F2N2O2. The van der Waals surface area contributed by atoms with E-state index in [0.29, 0.717) is 12.2 Å². The lowest BCUT2D eigenvalue weighted by molar-refractivity contribution is 0.0466. The Morgan fingerprint density at radius 3 is 2.62 bits per heavy atom. The summed E-state index contributed by atoms with van der Waals surface area (Å²) < 4.78 is 30.8. The Hall–Kier alpha value is -1.24. The molecule has 2 atom stereocenters. The summed E-state index contributed by atoms with van der Waals surface area (Å²) in [6.07, 6.45) is -1.83. The van der Waals surface area contributed by atoms with E-state index in [4.69, 9.17) is 15.6 Å². The van der Waals surface area contributed by atoms with Gasteiger partial charge in [0.05, 0.1) is 26.3 Å². The van der Waals surface area contributed by atoms with Gasteiger partial charge >= 0.3 is 0 Å². The second-order valence-electron chi connectivity index (χ2n) is 4.90. The Morgan fingerprint density at radius 1 is 1.38 bits per heavy atom. The number of aliphatic hydroxyl groups excluding tert-OH is 1. The number of alkyl halides is 2. The number of benzene rings is 1. The predicted molar refractivity (Wildman–Crippen MR) is 78.7 cm³/mol. The molecule has 0 amide bonds. The topological polar surface area (TPSA) is 58.7 Å². The predicted octanol–water partition coefficient (Wildman–Crippen LogP) is 2.03. The Kier molecular flexibility index (Phi) is 7.56. The van der Waals surface area contributed by atoms with E-state index < -0.39 is 13.0 Å². The van der Waals surface area contributed by atoms with Crippen molar-refractivity contribution in [3.8, 4) is 5.75 Å². The minimum atomic E-state index is -2.48. The molecular weight excluding hydrogens is 278 g/mol. The van der Waals surface area contributed by atoms with Crippen molar-refractivity contribution < 1.29 is 18.6 Å². The van der Waals surface area contributed by atoms with Crippen LogP contribution in [0.15, 0.2) is 24.3 Å². The summed E-state index contributed by atoms with van der Waals surface area (Å²) in [5.74, 6) is 0.654. The van der Waals surface area contributed by atoms with E-state index in [2.05, 4.69) is 0 Å². The summed E-state index contributed by atoms with van der Waals surface area (Å²) in [6.45, 7) is 1.46. The summed E-state index contributed by atoms with van der Waals surface area (Å²) >= 11 is 0. The smallest absolute Gasteiger partial charge is 0.251 e. The van der Waals surface area contributed by atoms with Crippen LogP contribution in [0.4, 0.5) is 8.78 Å². The first-order valence-corrected chi connectivity index (χ1v) is 7.06. The van der Waals surface area contributed by atoms with Crippen molar-refractivity contribution in [1.29, 1.82) is 0 Å². The number of methoxy groups -OCH3 is 1. The molecule has 1 rings (SSSR count). The molecule has 0 aromatic heterocycles. The Morgan fingerprint density at radius 2 is 2.10 bits per heavy atom. The molecule has 1 aromatic rings. The molecule has 6 heteroatoms. The van der Waals surface area contributed by atoms with Gasteiger partial charge in [-0.3, -0.25) is 4.90 Å². The average molecular weight is 302 g/mol. The van der Waals surface area contributed by atoms with E-state index >= 15 is 0 Å². The maximum absolute atomic E-state index is 12.8. The van der Waals surface area contributed by atoms with Gasteiger partial charge in [0, 0.05) is 12.6 Å². The molecule has 120 valence electrons. The van der Waals surface area contributed by atoms with Gasteiger partial charge in [-0.1, -0.05) is 19.1 Å². The highest BCUT2D eigenvalue weighted by Crippen LogP contribution is 2.28. The second-order valence-corrected chi connectivity index (χ2v) is 4.90. The van der Waals surface area contributed by atoms with Crippen molar-refractivity contribution in [2.45, 2.75) is 31.9 Å². The van der Waals surface area contributed by atoms with Crippen LogP contribution < -0.4 is 10.5 Å². The molecule has 0 spiro atoms. The van der Waals surface area contributed by atoms with E-state index in [0.717, 1.165) is 5.56 Å². The molecule has 0 aliphatic heterocycles. The third kappa shape index (κ3) is 5.22. The third-order valence-electron chi connectivity index (χ3n) is 3.47. The van der Waals surface area contributed by atoms with Crippen LogP contribution in [0.3, 0.4) is 0 Å². The molecule has 0 bridgehead atoms. The number of rotatable bonds is 9. The minimum absolute atomic E-state index is 0.153. The van der Waals surface area contributed by atoms with Gasteiger partial charge in [0.15, 0.2) is 0 Å². The van der Waals surface area contributed by atoms with Crippen LogP contribution in [-0.2, 0) is 0 Å². The largest absolute Gasteiger partial charge is 0.497 e. The van der Waals surface area contributed by atoms with Crippen molar-refractivity contribution >= 4 is 0 Å². The van der Waals surface area contributed by atoms with Crippen molar-refractivity contribution in [1.82, 2.24) is 4.90 Å². The van der Waals surface area contributed by atoms with E-state index in [1.807, 2.05) is 19.1 Å². The Labute approximate surface area is 124 Å². The molecule has 0 heterocycles. The fourth-order valence-corrected chi connectivity index (χ4v) is 2.43. The SMILES string of the molecule is CCC(N)C(c1cccc(OC)c1)N(CCO)CC(F)F. The number of hydrogen-bond donors (Lipinski definition) is 2. The molecule has 21 heavy (non-hydrogen) atoms. The fraction of sp³-hybridized carbons (Fsp3) is 0.600. The van der Waals surface area contributed by atoms with Gasteiger partial charge < -0.3 is 15.6 Å². The van der Waals surface area contributed by atoms with Gasteiger partial charge in [0.1, 0.15) is 5.75 Å². The number of ether oxygens (including phenoxy) is 1. The average Bonchev–Trinajstić information content (AvgIpc) is 2.47. The molecule has 0 saturated heterocycles. The molecule has 4 nitrogen and oxygen atoms in total. The molecule has 0 radical (unpaired) electrons. The van der Waals surface area contributed by atoms with Crippen LogP contribution in [-0.4, -0.2) is 49.3 Å². The van der Waals surface area contributed by atoms with E-state index in [1.165, 1.54) is 4.90 Å². The van der Waals surface area contributed by atoms with E-state index in [1.54, 1.807) is 19.2 Å². The summed E-state index contributed by atoms with van der Waals surface area (Å²) in [5, 5.41) is 9.15. The van der Waals surface area contributed by atoms with Crippen LogP contribution in [0.25, 0.3) is 0 Å². The summed E-state index contributed by atoms with van der Waals surface area (Å²) in [6, 6.07) is 6.56. The number of nitrogens with two attached hydrogens (primary N) is 1. The highest BCUT2D eigenvalue weighted by Gasteiger charge is 2.27. The maximum Gasteiger partial charge on any atom is 0.251 e. The van der Waals surface area contributed by atoms with E-state index in [-0.39, 0.29) is 25.2 Å². The summed E-state index contributed by atoms with van der Waals surface area (Å²) in [7, 11) is 1.55. The number of aliphatic hydroxyl groups is 1. The lowest BCUT2D eigenvalue weighted by Gasteiger charge is -2.35. The molecule has 0 aliphatic rings. The van der Waals surface area contributed by atoms with Gasteiger partial charge in [-0.2, -0.15) is 0 Å². The molecule has 1 aromatic carbocycles. The summed E-state index contributed by atoms with van der Waals surface area (Å²) in [4.78, 5) is 1.54. The quantitative estimate of drug-likeness (QED) is 0.733. The van der Waals surface area contributed by atoms with Crippen molar-refractivity contribution in [2.75, 3.05) is 26.8 Å². The first kappa shape index (κ1) is 17.8. The number of hydrogen-bond acceptors (Lipinski definition) is 4. The van der Waals surface area contributed by atoms with Crippen LogP contribution in [0.2, 0.25) is 0 Å². The molecule has 0 saturated carbocycles. The standard InChI is InChI=1S/C15H24F2N2O2/c1-3-13(18)15(19(7-8-20)10-14(16)17)11-5-4-6-12(9-11)21-2/h4-6,9,13-15,20H,3,7-8,10,18H2,1-2H3. The number of nitrogens with zero attached hydrogens (tertiary/aromatic N) is 1. The molecule has 0 fully saturated rings. The second kappa shape index (κ2) is 8.92. The Bertz CT molecular complexity index is 418. The van der Waals surface area contributed by atoms with Gasteiger partial charge in [-0.15, -0.1) is 0 Å². The Balaban J connectivity index is 3.11. The lowest BCUT2D eigenvalue weighted by atomic mass is 9.96. The summed E-state index contributed by atoms with van der Waals surface area (Å²) in [5.41, 5.74) is 6.96. The van der Waals surface area contributed by atoms with Crippen LogP contribution in [0, 0.1) is 0 Å². The van der Waals surface area contributed by atoms with Crippen molar-refractivity contribution in [3.05, 3.63) is 29.8 Å². The normalized spacial score (nSPS) is 14.5. The highest BCUT2D eigenvalue weighted by atomic mass is 19.3. The monoisotopic (exact) mass is 302 g/mol. The first-order valence-electron chi connectivity index (χ1n) is 7.06. The highest BCUT2D eigenvalue weighted by molar-refractivity contribution is 5.31. The zero-order chi connectivity index (χ0) is 15.8. The van der Waals surface area contributed by atoms with Gasteiger partial charge in [0.25, 0.3) is 6.43 Å². The minimum Gasteiger partial charge on any atom is -0.497 e. The third-order valence-corrected chi connectivity index (χ3v) is 3.47. The number of halogens is 2. The van der Waals surface area contributed by atoms with Crippen LogP contribution in [0.1, 0.15) is 24.9 Å². The fourth-order valence-electron chi connectivity index (χ4n) is 2.43. The molecule has 3 N–H and O–H groups in total. The molecule has 2 unspecified atom stereocenters. The maximum atomic E-state index is 12.8. The van der Waals surface area contributed by atoms with Crippen LogP contribution in [0.5, 0.6) is 5.75 Å². The lowest BCUT2D eigenvalue weighted by Crippen LogP contribution is -2.44. The van der Waals surface area contributed by atoms with Crippen LogP contribution >= 0.6 is 0 Å². The van der Waals surface area contributed by atoms with Gasteiger partial charge in [0.2, 0.25) is 0 Å². The zero-order valence-corrected chi connectivity index (χ0v) is 12.5.